The summed E-state index contributed by atoms with van der Waals surface area (Å²) in [7, 11) is 1.69. The highest BCUT2D eigenvalue weighted by atomic mass is 16.5. The topological polar surface area (TPSA) is 43.7 Å². The van der Waals surface area contributed by atoms with Crippen molar-refractivity contribution in [2.24, 2.45) is 4.99 Å². The summed E-state index contributed by atoms with van der Waals surface area (Å²) < 4.78 is 11.8. The molecule has 3 rings (SSSR count). The lowest BCUT2D eigenvalue weighted by Gasteiger charge is -2.16. The standard InChI is InChI=1S/C22H28N2O2/c1-4-6-7-11-20-18(5-2)24-22(26-20)16-12-13-17(21(15-16)25-3)19-10-8-9-14-23-19/h8-10,12-15,18,20H,4-7,11H2,1-3H3. The molecule has 26 heavy (non-hydrogen) atoms. The van der Waals surface area contributed by atoms with Gasteiger partial charge in [0.05, 0.1) is 18.8 Å². The van der Waals surface area contributed by atoms with Gasteiger partial charge in [-0.2, -0.15) is 0 Å². The van der Waals surface area contributed by atoms with Crippen LogP contribution in [0.5, 0.6) is 5.75 Å². The normalized spacial score (nSPS) is 19.1. The maximum atomic E-state index is 6.22. The summed E-state index contributed by atoms with van der Waals surface area (Å²) >= 11 is 0. The lowest BCUT2D eigenvalue weighted by Crippen LogP contribution is -2.21. The minimum atomic E-state index is 0.197. The molecular formula is C22H28N2O2. The third-order valence-electron chi connectivity index (χ3n) is 4.88. The lowest BCUT2D eigenvalue weighted by atomic mass is 10.0. The van der Waals surface area contributed by atoms with Gasteiger partial charge in [-0.1, -0.05) is 32.8 Å². The van der Waals surface area contributed by atoms with Gasteiger partial charge >= 0.3 is 0 Å². The highest BCUT2D eigenvalue weighted by Crippen LogP contribution is 2.32. The molecule has 0 spiro atoms. The first-order valence-electron chi connectivity index (χ1n) is 9.61. The summed E-state index contributed by atoms with van der Waals surface area (Å²) in [6.07, 6.45) is 7.73. The van der Waals surface area contributed by atoms with Crippen LogP contribution < -0.4 is 4.74 Å². The molecule has 0 saturated heterocycles. The number of pyridine rings is 1. The van der Waals surface area contributed by atoms with Crippen molar-refractivity contribution < 1.29 is 9.47 Å². The molecule has 0 bridgehead atoms. The van der Waals surface area contributed by atoms with Gasteiger partial charge < -0.3 is 9.47 Å². The molecule has 1 aliphatic rings. The molecule has 0 fully saturated rings. The van der Waals surface area contributed by atoms with E-state index in [4.69, 9.17) is 14.5 Å². The SMILES string of the molecule is CCCCCC1OC(c2ccc(-c3ccccn3)c(OC)c2)=NC1CC. The molecule has 138 valence electrons. The number of methoxy groups -OCH3 is 1. The minimum absolute atomic E-state index is 0.197. The first kappa shape index (κ1) is 18.4. The van der Waals surface area contributed by atoms with Crippen molar-refractivity contribution in [2.75, 3.05) is 7.11 Å². The van der Waals surface area contributed by atoms with Crippen LogP contribution in [0.2, 0.25) is 0 Å². The quantitative estimate of drug-likeness (QED) is 0.609. The van der Waals surface area contributed by atoms with Gasteiger partial charge in [0.1, 0.15) is 11.9 Å². The number of rotatable bonds is 8. The maximum Gasteiger partial charge on any atom is 0.216 e. The third-order valence-corrected chi connectivity index (χ3v) is 4.88. The molecule has 1 aromatic heterocycles. The summed E-state index contributed by atoms with van der Waals surface area (Å²) in [5.74, 6) is 1.53. The van der Waals surface area contributed by atoms with E-state index in [0.717, 1.165) is 41.3 Å². The Balaban J connectivity index is 1.81. The Bertz CT molecular complexity index is 743. The molecule has 4 heteroatoms. The van der Waals surface area contributed by atoms with Gasteiger partial charge in [-0.3, -0.25) is 4.98 Å². The van der Waals surface area contributed by atoms with Crippen LogP contribution in [0.1, 0.15) is 51.5 Å². The zero-order valence-electron chi connectivity index (χ0n) is 15.9. The monoisotopic (exact) mass is 352 g/mol. The Hall–Kier alpha value is -2.36. The number of unbranched alkanes of at least 4 members (excludes halogenated alkanes) is 2. The van der Waals surface area contributed by atoms with Crippen molar-refractivity contribution in [1.82, 2.24) is 4.98 Å². The van der Waals surface area contributed by atoms with Gasteiger partial charge in [0.2, 0.25) is 5.90 Å². The molecule has 1 aromatic carbocycles. The van der Waals surface area contributed by atoms with E-state index in [1.54, 1.807) is 13.3 Å². The zero-order valence-corrected chi connectivity index (χ0v) is 15.9. The lowest BCUT2D eigenvalue weighted by molar-refractivity contribution is 0.175. The number of hydrogen-bond donors (Lipinski definition) is 0. The fourth-order valence-electron chi connectivity index (χ4n) is 3.39. The molecule has 0 amide bonds. The molecule has 2 unspecified atom stereocenters. The van der Waals surface area contributed by atoms with Crippen molar-refractivity contribution in [1.29, 1.82) is 0 Å². The summed E-state index contributed by atoms with van der Waals surface area (Å²) in [4.78, 5) is 9.26. The van der Waals surface area contributed by atoms with Gasteiger partial charge in [-0.25, -0.2) is 4.99 Å². The van der Waals surface area contributed by atoms with Gasteiger partial charge in [-0.15, -0.1) is 0 Å². The first-order valence-corrected chi connectivity index (χ1v) is 9.61. The van der Waals surface area contributed by atoms with Crippen LogP contribution in [0.3, 0.4) is 0 Å². The Morgan fingerprint density at radius 1 is 1.12 bits per heavy atom. The smallest absolute Gasteiger partial charge is 0.216 e. The van der Waals surface area contributed by atoms with Crippen molar-refractivity contribution in [3.63, 3.8) is 0 Å². The van der Waals surface area contributed by atoms with E-state index in [1.807, 2.05) is 36.4 Å². The fourth-order valence-corrected chi connectivity index (χ4v) is 3.39. The Morgan fingerprint density at radius 3 is 2.69 bits per heavy atom. The molecule has 0 N–H and O–H groups in total. The van der Waals surface area contributed by atoms with Crippen LogP contribution in [0.15, 0.2) is 47.6 Å². The average molecular weight is 352 g/mol. The highest BCUT2D eigenvalue weighted by Gasteiger charge is 2.30. The predicted octanol–water partition coefficient (Wildman–Crippen LogP) is 5.26. The Kier molecular flexibility index (Phi) is 6.26. The van der Waals surface area contributed by atoms with Crippen molar-refractivity contribution >= 4 is 5.90 Å². The summed E-state index contributed by atoms with van der Waals surface area (Å²) in [6.45, 7) is 4.40. The van der Waals surface area contributed by atoms with Crippen LogP contribution in [-0.2, 0) is 4.74 Å². The van der Waals surface area contributed by atoms with E-state index in [9.17, 15) is 0 Å². The second kappa shape index (κ2) is 8.84. The van der Waals surface area contributed by atoms with Crippen LogP contribution in [0.4, 0.5) is 0 Å². The summed E-state index contributed by atoms with van der Waals surface area (Å²) in [5, 5.41) is 0. The molecule has 2 atom stereocenters. The van der Waals surface area contributed by atoms with E-state index in [2.05, 4.69) is 18.8 Å². The molecule has 0 radical (unpaired) electrons. The average Bonchev–Trinajstić information content (AvgIpc) is 3.11. The number of hydrogen-bond acceptors (Lipinski definition) is 4. The van der Waals surface area contributed by atoms with Crippen LogP contribution in [-0.4, -0.2) is 30.1 Å². The number of benzene rings is 1. The van der Waals surface area contributed by atoms with Gasteiger partial charge in [0, 0.05) is 17.3 Å². The van der Waals surface area contributed by atoms with Crippen molar-refractivity contribution in [3.8, 4) is 17.0 Å². The molecule has 0 saturated carbocycles. The van der Waals surface area contributed by atoms with E-state index < -0.39 is 0 Å². The van der Waals surface area contributed by atoms with Crippen molar-refractivity contribution in [2.45, 2.75) is 58.1 Å². The van der Waals surface area contributed by atoms with Gasteiger partial charge in [0.15, 0.2) is 0 Å². The van der Waals surface area contributed by atoms with Gasteiger partial charge in [-0.05, 0) is 49.6 Å². The number of ether oxygens (including phenoxy) is 2. The second-order valence-corrected chi connectivity index (χ2v) is 6.69. The fraction of sp³-hybridized carbons (Fsp3) is 0.455. The largest absolute Gasteiger partial charge is 0.496 e. The molecule has 4 nitrogen and oxygen atoms in total. The molecule has 0 aliphatic carbocycles. The van der Waals surface area contributed by atoms with E-state index >= 15 is 0 Å². The number of aliphatic imine (C=N–C) groups is 1. The highest BCUT2D eigenvalue weighted by molar-refractivity contribution is 5.96. The second-order valence-electron chi connectivity index (χ2n) is 6.69. The third kappa shape index (κ3) is 4.06. The molecule has 2 aromatic rings. The number of aromatic nitrogens is 1. The predicted molar refractivity (Wildman–Crippen MR) is 106 cm³/mol. The van der Waals surface area contributed by atoms with Crippen molar-refractivity contribution in [3.05, 3.63) is 48.2 Å². The zero-order chi connectivity index (χ0) is 18.4. The Morgan fingerprint density at radius 2 is 2.00 bits per heavy atom. The molecular weight excluding hydrogens is 324 g/mol. The molecule has 2 heterocycles. The number of nitrogens with zero attached hydrogens (tertiary/aromatic N) is 2. The van der Waals surface area contributed by atoms with Crippen LogP contribution in [0.25, 0.3) is 11.3 Å². The van der Waals surface area contributed by atoms with E-state index in [0.29, 0.717) is 0 Å². The minimum Gasteiger partial charge on any atom is -0.496 e. The first-order chi connectivity index (χ1) is 12.8. The summed E-state index contributed by atoms with van der Waals surface area (Å²) in [5.41, 5.74) is 2.84. The summed E-state index contributed by atoms with van der Waals surface area (Å²) in [6, 6.07) is 12.2. The van der Waals surface area contributed by atoms with E-state index in [1.165, 1.54) is 19.3 Å². The van der Waals surface area contributed by atoms with Gasteiger partial charge in [0.25, 0.3) is 0 Å². The van der Waals surface area contributed by atoms with E-state index in [-0.39, 0.29) is 12.1 Å². The molecule has 1 aliphatic heterocycles. The van der Waals surface area contributed by atoms with Crippen LogP contribution in [0, 0.1) is 0 Å². The van der Waals surface area contributed by atoms with Crippen LogP contribution >= 0.6 is 0 Å². The Labute approximate surface area is 156 Å². The maximum absolute atomic E-state index is 6.22.